The number of hydrogen-bond donors (Lipinski definition) is 1. The molecule has 2 heteroatoms. The zero-order chi connectivity index (χ0) is 12.3. The summed E-state index contributed by atoms with van der Waals surface area (Å²) in [5.41, 5.74) is 1.29. The molecule has 2 nitrogen and oxygen atoms in total. The van der Waals surface area contributed by atoms with Crippen molar-refractivity contribution in [3.8, 4) is 0 Å². The molecule has 0 amide bonds. The summed E-state index contributed by atoms with van der Waals surface area (Å²) in [6.45, 7) is 6.99. The second-order valence-electron chi connectivity index (χ2n) is 5.79. The summed E-state index contributed by atoms with van der Waals surface area (Å²) in [5.74, 6) is 1.72. The number of rotatable bonds is 3. The van der Waals surface area contributed by atoms with Crippen LogP contribution in [-0.2, 0) is 0 Å². The molecule has 17 heavy (non-hydrogen) atoms. The van der Waals surface area contributed by atoms with Crippen molar-refractivity contribution in [2.75, 3.05) is 0 Å². The van der Waals surface area contributed by atoms with Crippen LogP contribution < -0.4 is 5.32 Å². The van der Waals surface area contributed by atoms with Crippen molar-refractivity contribution < 1.29 is 0 Å². The van der Waals surface area contributed by atoms with E-state index in [1.54, 1.807) is 0 Å². The zero-order valence-corrected chi connectivity index (χ0v) is 11.2. The first kappa shape index (κ1) is 12.6. The highest BCUT2D eigenvalue weighted by atomic mass is 14.9. The first-order valence-corrected chi connectivity index (χ1v) is 6.81. The maximum Gasteiger partial charge on any atom is 0.0315 e. The Hall–Kier alpha value is -0.890. The average molecular weight is 232 g/mol. The normalized spacial score (nSPS) is 31.1. The molecule has 1 fully saturated rings. The molecule has 0 aromatic carbocycles. The predicted octanol–water partition coefficient (Wildman–Crippen LogP) is 3.56. The molecule has 2 unspecified atom stereocenters. The molecule has 1 aliphatic carbocycles. The van der Waals surface area contributed by atoms with Crippen LogP contribution in [0, 0.1) is 11.8 Å². The monoisotopic (exact) mass is 232 g/mol. The Balaban J connectivity index is 1.92. The van der Waals surface area contributed by atoms with Crippen LogP contribution in [0.5, 0.6) is 0 Å². The molecule has 1 N–H and O–H groups in total. The van der Waals surface area contributed by atoms with E-state index >= 15 is 0 Å². The standard InChI is InChI=1S/C15H24N2/c1-11-7-12(2)9-15(8-11)17-13(3)14-5-4-6-16-10-14/h4-6,10-13,15,17H,7-9H2,1-3H3/t11?,12?,13-,15?/m1/s1. The van der Waals surface area contributed by atoms with Crippen molar-refractivity contribution in [3.05, 3.63) is 30.1 Å². The van der Waals surface area contributed by atoms with Gasteiger partial charge in [-0.1, -0.05) is 19.9 Å². The van der Waals surface area contributed by atoms with Crippen LogP contribution in [0.1, 0.15) is 51.6 Å². The van der Waals surface area contributed by atoms with E-state index in [2.05, 4.69) is 37.1 Å². The Morgan fingerprint density at radius 1 is 1.24 bits per heavy atom. The van der Waals surface area contributed by atoms with Gasteiger partial charge in [0.25, 0.3) is 0 Å². The number of aromatic nitrogens is 1. The maximum atomic E-state index is 4.19. The highest BCUT2D eigenvalue weighted by Gasteiger charge is 2.24. The number of nitrogens with one attached hydrogen (secondary N) is 1. The Labute approximate surface area is 105 Å². The zero-order valence-electron chi connectivity index (χ0n) is 11.2. The van der Waals surface area contributed by atoms with Gasteiger partial charge in [0.15, 0.2) is 0 Å². The van der Waals surface area contributed by atoms with E-state index in [4.69, 9.17) is 0 Å². The van der Waals surface area contributed by atoms with Gasteiger partial charge in [-0.2, -0.15) is 0 Å². The minimum Gasteiger partial charge on any atom is -0.307 e. The van der Waals surface area contributed by atoms with Crippen LogP contribution in [-0.4, -0.2) is 11.0 Å². The largest absolute Gasteiger partial charge is 0.307 e. The molecule has 2 rings (SSSR count). The highest BCUT2D eigenvalue weighted by molar-refractivity contribution is 5.13. The van der Waals surface area contributed by atoms with Crippen LogP contribution in [0.4, 0.5) is 0 Å². The number of hydrogen-bond acceptors (Lipinski definition) is 2. The Kier molecular flexibility index (Phi) is 4.16. The summed E-state index contributed by atoms with van der Waals surface area (Å²) in [4.78, 5) is 4.19. The number of pyridine rings is 1. The van der Waals surface area contributed by atoms with Crippen LogP contribution in [0.15, 0.2) is 24.5 Å². The topological polar surface area (TPSA) is 24.9 Å². The molecule has 1 heterocycles. The van der Waals surface area contributed by atoms with E-state index in [9.17, 15) is 0 Å². The van der Waals surface area contributed by atoms with Crippen molar-refractivity contribution in [1.29, 1.82) is 0 Å². The Morgan fingerprint density at radius 2 is 1.94 bits per heavy atom. The quantitative estimate of drug-likeness (QED) is 0.862. The molecule has 0 saturated heterocycles. The molecule has 0 bridgehead atoms. The summed E-state index contributed by atoms with van der Waals surface area (Å²) in [6, 6.07) is 5.25. The first-order valence-electron chi connectivity index (χ1n) is 6.81. The third-order valence-corrected chi connectivity index (χ3v) is 3.85. The summed E-state index contributed by atoms with van der Waals surface area (Å²) in [5, 5.41) is 3.76. The summed E-state index contributed by atoms with van der Waals surface area (Å²) in [6.07, 6.45) is 7.82. The van der Waals surface area contributed by atoms with Crippen molar-refractivity contribution in [1.82, 2.24) is 10.3 Å². The molecule has 3 atom stereocenters. The molecular weight excluding hydrogens is 208 g/mol. The second-order valence-corrected chi connectivity index (χ2v) is 5.79. The van der Waals surface area contributed by atoms with Gasteiger partial charge in [-0.25, -0.2) is 0 Å². The molecule has 1 aliphatic rings. The van der Waals surface area contributed by atoms with Gasteiger partial charge >= 0.3 is 0 Å². The van der Waals surface area contributed by atoms with E-state index in [0.717, 1.165) is 11.8 Å². The fraction of sp³-hybridized carbons (Fsp3) is 0.667. The SMILES string of the molecule is CC1CC(C)CC(N[C@H](C)c2cccnc2)C1. The van der Waals surface area contributed by atoms with Crippen molar-refractivity contribution in [2.24, 2.45) is 11.8 Å². The van der Waals surface area contributed by atoms with Gasteiger partial charge in [0, 0.05) is 24.5 Å². The lowest BCUT2D eigenvalue weighted by atomic mass is 9.80. The molecule has 0 radical (unpaired) electrons. The van der Waals surface area contributed by atoms with Crippen molar-refractivity contribution in [2.45, 2.75) is 52.1 Å². The maximum absolute atomic E-state index is 4.19. The lowest BCUT2D eigenvalue weighted by Crippen LogP contribution is -2.37. The van der Waals surface area contributed by atoms with Crippen molar-refractivity contribution >= 4 is 0 Å². The lowest BCUT2D eigenvalue weighted by molar-refractivity contribution is 0.228. The smallest absolute Gasteiger partial charge is 0.0315 e. The van der Waals surface area contributed by atoms with Crippen LogP contribution >= 0.6 is 0 Å². The van der Waals surface area contributed by atoms with Crippen molar-refractivity contribution in [3.63, 3.8) is 0 Å². The van der Waals surface area contributed by atoms with Gasteiger partial charge in [0.1, 0.15) is 0 Å². The third kappa shape index (κ3) is 3.53. The summed E-state index contributed by atoms with van der Waals surface area (Å²) < 4.78 is 0. The Bertz CT molecular complexity index is 326. The summed E-state index contributed by atoms with van der Waals surface area (Å²) >= 11 is 0. The van der Waals surface area contributed by atoms with Gasteiger partial charge in [-0.15, -0.1) is 0 Å². The third-order valence-electron chi connectivity index (χ3n) is 3.85. The van der Waals surface area contributed by atoms with E-state index < -0.39 is 0 Å². The fourth-order valence-corrected chi connectivity index (χ4v) is 3.16. The lowest BCUT2D eigenvalue weighted by Gasteiger charge is -2.34. The number of nitrogens with zero attached hydrogens (tertiary/aromatic N) is 1. The molecule has 94 valence electrons. The molecular formula is C15H24N2. The second kappa shape index (κ2) is 5.63. The van der Waals surface area contributed by atoms with Crippen LogP contribution in [0.3, 0.4) is 0 Å². The Morgan fingerprint density at radius 3 is 2.53 bits per heavy atom. The molecule has 1 aromatic rings. The molecule has 1 aromatic heterocycles. The predicted molar refractivity (Wildman–Crippen MR) is 71.8 cm³/mol. The van der Waals surface area contributed by atoms with E-state index in [0.29, 0.717) is 12.1 Å². The molecule has 0 spiro atoms. The minimum absolute atomic E-state index is 0.409. The average Bonchev–Trinajstić information content (AvgIpc) is 2.28. The highest BCUT2D eigenvalue weighted by Crippen LogP contribution is 2.29. The van der Waals surface area contributed by atoms with Gasteiger partial charge in [-0.05, 0) is 49.7 Å². The van der Waals surface area contributed by atoms with E-state index in [1.807, 2.05) is 18.5 Å². The molecule has 1 saturated carbocycles. The van der Waals surface area contributed by atoms with Crippen LogP contribution in [0.25, 0.3) is 0 Å². The van der Waals surface area contributed by atoms with Gasteiger partial charge in [0.05, 0.1) is 0 Å². The van der Waals surface area contributed by atoms with Gasteiger partial charge in [0.2, 0.25) is 0 Å². The first-order chi connectivity index (χ1) is 8.15. The van der Waals surface area contributed by atoms with E-state index in [-0.39, 0.29) is 0 Å². The van der Waals surface area contributed by atoms with E-state index in [1.165, 1.54) is 24.8 Å². The van der Waals surface area contributed by atoms with Gasteiger partial charge in [-0.3, -0.25) is 4.98 Å². The van der Waals surface area contributed by atoms with Crippen LogP contribution in [0.2, 0.25) is 0 Å². The van der Waals surface area contributed by atoms with Gasteiger partial charge < -0.3 is 5.32 Å². The minimum atomic E-state index is 0.409. The fourth-order valence-electron chi connectivity index (χ4n) is 3.16. The molecule has 0 aliphatic heterocycles. The summed E-state index contributed by atoms with van der Waals surface area (Å²) in [7, 11) is 0.